The van der Waals surface area contributed by atoms with Gasteiger partial charge in [-0.1, -0.05) is 22.7 Å². The first-order valence-electron chi connectivity index (χ1n) is 3.49. The smallest absolute Gasteiger partial charge is 0.246 e. The van der Waals surface area contributed by atoms with Gasteiger partial charge in [-0.05, 0) is 6.42 Å². The SMILES string of the molecule is CS(=O)(=O)C1=CCC(S(=O)(=O)NO)S1. The Balaban J connectivity index is 2.84. The van der Waals surface area contributed by atoms with Crippen molar-refractivity contribution in [2.75, 3.05) is 6.26 Å². The summed E-state index contributed by atoms with van der Waals surface area (Å²) in [7, 11) is -7.19. The molecule has 1 atom stereocenters. The van der Waals surface area contributed by atoms with E-state index in [-0.39, 0.29) is 10.7 Å². The Labute approximate surface area is 86.3 Å². The van der Waals surface area contributed by atoms with Crippen LogP contribution in [0.3, 0.4) is 0 Å². The highest BCUT2D eigenvalue weighted by molar-refractivity contribution is 8.24. The van der Waals surface area contributed by atoms with E-state index in [2.05, 4.69) is 0 Å². The van der Waals surface area contributed by atoms with Crippen LogP contribution in [0.1, 0.15) is 6.42 Å². The lowest BCUT2D eigenvalue weighted by Crippen LogP contribution is -2.28. The van der Waals surface area contributed by atoms with Crippen molar-refractivity contribution in [1.29, 1.82) is 0 Å². The summed E-state index contributed by atoms with van der Waals surface area (Å²) in [6.07, 6.45) is 2.41. The van der Waals surface area contributed by atoms with Gasteiger partial charge >= 0.3 is 0 Å². The molecule has 82 valence electrons. The highest BCUT2D eigenvalue weighted by Gasteiger charge is 2.33. The maximum Gasteiger partial charge on any atom is 0.246 e. The van der Waals surface area contributed by atoms with E-state index in [1.54, 1.807) is 0 Å². The van der Waals surface area contributed by atoms with Gasteiger partial charge in [0.15, 0.2) is 9.84 Å². The Kier molecular flexibility index (Phi) is 3.26. The summed E-state index contributed by atoms with van der Waals surface area (Å²) in [4.78, 5) is 1.18. The molecule has 0 bridgehead atoms. The van der Waals surface area contributed by atoms with E-state index in [4.69, 9.17) is 5.21 Å². The first-order chi connectivity index (χ1) is 6.27. The molecule has 0 aromatic heterocycles. The van der Waals surface area contributed by atoms with Crippen molar-refractivity contribution in [3.8, 4) is 0 Å². The normalized spacial score (nSPS) is 23.6. The summed E-state index contributed by atoms with van der Waals surface area (Å²) < 4.78 is 43.2. The molecular weight excluding hydrogens is 250 g/mol. The molecule has 0 amide bonds. The van der Waals surface area contributed by atoms with Gasteiger partial charge < -0.3 is 5.21 Å². The van der Waals surface area contributed by atoms with Gasteiger partial charge in [0, 0.05) is 6.26 Å². The fraction of sp³-hybridized carbons (Fsp3) is 0.600. The number of allylic oxidation sites excluding steroid dienone is 1. The topological polar surface area (TPSA) is 101 Å². The van der Waals surface area contributed by atoms with Gasteiger partial charge in [0.1, 0.15) is 4.58 Å². The van der Waals surface area contributed by atoms with Crippen LogP contribution in [0.4, 0.5) is 0 Å². The van der Waals surface area contributed by atoms with Crippen LogP contribution in [0.15, 0.2) is 10.3 Å². The molecule has 0 spiro atoms. The van der Waals surface area contributed by atoms with Crippen LogP contribution in [0, 0.1) is 0 Å². The van der Waals surface area contributed by atoms with Crippen molar-refractivity contribution in [3.05, 3.63) is 10.3 Å². The van der Waals surface area contributed by atoms with Gasteiger partial charge in [-0.3, -0.25) is 0 Å². The fourth-order valence-electron chi connectivity index (χ4n) is 0.906. The molecule has 1 aliphatic heterocycles. The number of thioether (sulfide) groups is 1. The fourth-order valence-corrected chi connectivity index (χ4v) is 4.59. The van der Waals surface area contributed by atoms with Crippen molar-refractivity contribution in [2.45, 2.75) is 11.0 Å². The minimum absolute atomic E-state index is 0.0290. The van der Waals surface area contributed by atoms with Crippen molar-refractivity contribution in [3.63, 3.8) is 0 Å². The largest absolute Gasteiger partial charge is 0.302 e. The minimum atomic E-state index is -3.84. The van der Waals surface area contributed by atoms with Gasteiger partial charge in [-0.2, -0.15) is 0 Å². The third kappa shape index (κ3) is 2.48. The first-order valence-corrected chi connectivity index (χ1v) is 7.80. The third-order valence-electron chi connectivity index (χ3n) is 1.56. The molecule has 1 rings (SSSR count). The van der Waals surface area contributed by atoms with E-state index in [0.717, 1.165) is 6.26 Å². The Morgan fingerprint density at radius 1 is 1.50 bits per heavy atom. The molecular formula is C5H9NO5S3. The molecule has 0 saturated heterocycles. The molecule has 0 aliphatic carbocycles. The molecule has 0 radical (unpaired) electrons. The molecule has 0 fully saturated rings. The molecule has 0 saturated carbocycles. The summed E-state index contributed by atoms with van der Waals surface area (Å²) in [6.45, 7) is 0. The van der Waals surface area contributed by atoms with Crippen LogP contribution >= 0.6 is 11.8 Å². The predicted octanol–water partition coefficient (Wildman–Crippen LogP) is -0.356. The van der Waals surface area contributed by atoms with Crippen molar-refractivity contribution < 1.29 is 22.0 Å². The lowest BCUT2D eigenvalue weighted by atomic mass is 10.5. The molecule has 14 heavy (non-hydrogen) atoms. The number of rotatable bonds is 3. The quantitative estimate of drug-likeness (QED) is 0.672. The number of sulfone groups is 1. The molecule has 1 aliphatic rings. The van der Waals surface area contributed by atoms with Crippen LogP contribution < -0.4 is 4.89 Å². The van der Waals surface area contributed by atoms with Gasteiger partial charge in [0.25, 0.3) is 0 Å². The zero-order valence-corrected chi connectivity index (χ0v) is 9.62. The zero-order valence-electron chi connectivity index (χ0n) is 7.17. The Bertz CT molecular complexity index is 448. The number of sulfonamides is 1. The van der Waals surface area contributed by atoms with E-state index in [1.807, 2.05) is 0 Å². The van der Waals surface area contributed by atoms with Crippen molar-refractivity contribution >= 4 is 31.6 Å². The van der Waals surface area contributed by atoms with E-state index in [0.29, 0.717) is 11.8 Å². The van der Waals surface area contributed by atoms with E-state index in [9.17, 15) is 16.8 Å². The van der Waals surface area contributed by atoms with Crippen LogP contribution in [0.5, 0.6) is 0 Å². The van der Waals surface area contributed by atoms with Gasteiger partial charge in [-0.25, -0.2) is 16.8 Å². The summed E-state index contributed by atoms with van der Waals surface area (Å²) in [5, 5.41) is 8.32. The van der Waals surface area contributed by atoms with Crippen LogP contribution in [-0.2, 0) is 19.9 Å². The molecule has 6 nitrogen and oxygen atoms in total. The number of hydrogen-bond acceptors (Lipinski definition) is 6. The maximum atomic E-state index is 11.1. The lowest BCUT2D eigenvalue weighted by molar-refractivity contribution is 0.242. The third-order valence-corrected chi connectivity index (χ3v) is 6.70. The van der Waals surface area contributed by atoms with Gasteiger partial charge in [-0.15, -0.1) is 0 Å². The number of nitrogens with one attached hydrogen (secondary N) is 1. The summed E-state index contributed by atoms with van der Waals surface area (Å²) in [6, 6.07) is 0. The number of hydrogen-bond donors (Lipinski definition) is 2. The predicted molar refractivity (Wildman–Crippen MR) is 52.8 cm³/mol. The van der Waals surface area contributed by atoms with E-state index >= 15 is 0 Å². The van der Waals surface area contributed by atoms with E-state index < -0.39 is 24.4 Å². The average Bonchev–Trinajstić information content (AvgIpc) is 2.51. The molecule has 1 heterocycles. The second kappa shape index (κ2) is 3.81. The standard InChI is InChI=1S/C5H9NO5S3/c1-13(8,9)4-2-3-5(12-4)14(10,11)6-7/h2,5-7H,3H2,1H3. The van der Waals surface area contributed by atoms with Crippen LogP contribution in [0.2, 0.25) is 0 Å². The minimum Gasteiger partial charge on any atom is -0.302 e. The van der Waals surface area contributed by atoms with E-state index in [1.165, 1.54) is 11.0 Å². The van der Waals surface area contributed by atoms with Crippen molar-refractivity contribution in [1.82, 2.24) is 4.89 Å². The average molecular weight is 259 g/mol. The monoisotopic (exact) mass is 259 g/mol. The molecule has 2 N–H and O–H groups in total. The molecule has 0 aromatic carbocycles. The second-order valence-electron chi connectivity index (χ2n) is 2.71. The highest BCUT2D eigenvalue weighted by Crippen LogP contribution is 2.37. The second-order valence-corrected chi connectivity index (χ2v) is 8.34. The summed E-state index contributed by atoms with van der Waals surface area (Å²) >= 11 is 0.712. The molecule has 1 unspecified atom stereocenters. The highest BCUT2D eigenvalue weighted by atomic mass is 32.3. The maximum absolute atomic E-state index is 11.1. The summed E-state index contributed by atoms with van der Waals surface area (Å²) in [5.41, 5.74) is 0. The molecule has 9 heteroatoms. The van der Waals surface area contributed by atoms with Gasteiger partial charge in [0.05, 0.1) is 4.24 Å². The Morgan fingerprint density at radius 3 is 2.43 bits per heavy atom. The molecule has 0 aromatic rings. The van der Waals surface area contributed by atoms with Crippen LogP contribution in [0.25, 0.3) is 0 Å². The Hall–Kier alpha value is -0.0900. The lowest BCUT2D eigenvalue weighted by Gasteiger charge is -2.08. The Morgan fingerprint density at radius 2 is 2.07 bits per heavy atom. The summed E-state index contributed by atoms with van der Waals surface area (Å²) in [5.74, 6) is 0. The van der Waals surface area contributed by atoms with Crippen LogP contribution in [-0.4, -0.2) is 32.9 Å². The first kappa shape index (κ1) is 12.0. The zero-order chi connectivity index (χ0) is 11.0. The van der Waals surface area contributed by atoms with Gasteiger partial charge in [0.2, 0.25) is 10.0 Å². The van der Waals surface area contributed by atoms with Crippen molar-refractivity contribution in [2.24, 2.45) is 0 Å².